The molecule has 174 valence electrons. The fraction of sp³-hybridized carbons (Fsp3) is 0.440. The summed E-state index contributed by atoms with van der Waals surface area (Å²) in [5, 5.41) is 0. The highest BCUT2D eigenvalue weighted by Gasteiger charge is 2.37. The van der Waals surface area contributed by atoms with E-state index in [1.165, 1.54) is 16.8 Å². The average molecular weight is 468 g/mol. The first-order valence-electron chi connectivity index (χ1n) is 11.7. The van der Waals surface area contributed by atoms with Crippen LogP contribution in [-0.2, 0) is 32.5 Å². The molecule has 3 aliphatic heterocycles. The van der Waals surface area contributed by atoms with Gasteiger partial charge in [-0.2, -0.15) is 4.31 Å². The van der Waals surface area contributed by atoms with Gasteiger partial charge in [0, 0.05) is 44.5 Å². The molecule has 7 nitrogen and oxygen atoms in total. The lowest BCUT2D eigenvalue weighted by Crippen LogP contribution is -2.46. The molecule has 33 heavy (non-hydrogen) atoms. The first kappa shape index (κ1) is 22.1. The summed E-state index contributed by atoms with van der Waals surface area (Å²) in [6, 6.07) is 13.0. The number of hydrogen-bond acceptors (Lipinski definition) is 4. The van der Waals surface area contributed by atoms with Gasteiger partial charge in [0.2, 0.25) is 21.8 Å². The Morgan fingerprint density at radius 3 is 2.48 bits per heavy atom. The maximum absolute atomic E-state index is 13.5. The zero-order valence-electron chi connectivity index (χ0n) is 18.9. The molecule has 5 rings (SSSR count). The summed E-state index contributed by atoms with van der Waals surface area (Å²) >= 11 is 0. The predicted molar refractivity (Wildman–Crippen MR) is 127 cm³/mol. The van der Waals surface area contributed by atoms with E-state index < -0.39 is 10.0 Å². The summed E-state index contributed by atoms with van der Waals surface area (Å²) in [5.41, 5.74) is 3.80. The van der Waals surface area contributed by atoms with Gasteiger partial charge in [-0.1, -0.05) is 18.2 Å². The Kier molecular flexibility index (Phi) is 5.74. The van der Waals surface area contributed by atoms with Gasteiger partial charge in [0.25, 0.3) is 0 Å². The number of fused-ring (bicyclic) bond motifs is 2. The summed E-state index contributed by atoms with van der Waals surface area (Å²) in [6.45, 7) is 3.46. The van der Waals surface area contributed by atoms with Gasteiger partial charge in [-0.25, -0.2) is 8.42 Å². The maximum Gasteiger partial charge on any atom is 0.243 e. The summed E-state index contributed by atoms with van der Waals surface area (Å²) in [7, 11) is -3.72. The highest BCUT2D eigenvalue weighted by Crippen LogP contribution is 2.34. The molecule has 0 aromatic heterocycles. The van der Waals surface area contributed by atoms with Gasteiger partial charge in [-0.3, -0.25) is 9.59 Å². The van der Waals surface area contributed by atoms with E-state index in [9.17, 15) is 18.0 Å². The van der Waals surface area contributed by atoms with Crippen LogP contribution in [0.3, 0.4) is 0 Å². The maximum atomic E-state index is 13.5. The number of carbonyl (C=O) groups is 2. The predicted octanol–water partition coefficient (Wildman–Crippen LogP) is 2.98. The van der Waals surface area contributed by atoms with Crippen molar-refractivity contribution in [1.29, 1.82) is 0 Å². The molecule has 0 spiro atoms. The van der Waals surface area contributed by atoms with Crippen molar-refractivity contribution in [2.75, 3.05) is 36.0 Å². The Labute approximate surface area is 195 Å². The normalized spacial score (nSPS) is 20.9. The van der Waals surface area contributed by atoms with Crippen LogP contribution >= 0.6 is 0 Å². The third kappa shape index (κ3) is 3.95. The van der Waals surface area contributed by atoms with Gasteiger partial charge in [-0.15, -0.1) is 0 Å². The first-order chi connectivity index (χ1) is 15.9. The first-order valence-corrected chi connectivity index (χ1v) is 13.1. The second-order valence-electron chi connectivity index (χ2n) is 9.14. The number of aryl methyl sites for hydroxylation is 1. The summed E-state index contributed by atoms with van der Waals surface area (Å²) in [6.07, 6.45) is 3.75. The van der Waals surface area contributed by atoms with E-state index in [4.69, 9.17) is 0 Å². The lowest BCUT2D eigenvalue weighted by atomic mass is 9.98. The van der Waals surface area contributed by atoms with Crippen LogP contribution in [0.5, 0.6) is 0 Å². The van der Waals surface area contributed by atoms with Crippen LogP contribution in [0.15, 0.2) is 47.4 Å². The molecular formula is C25H29N3O4S. The molecule has 1 unspecified atom stereocenters. The quantitative estimate of drug-likeness (QED) is 0.695. The van der Waals surface area contributed by atoms with Crippen molar-refractivity contribution in [1.82, 2.24) is 4.31 Å². The van der Waals surface area contributed by atoms with Crippen LogP contribution < -0.4 is 9.80 Å². The van der Waals surface area contributed by atoms with Crippen LogP contribution in [0.25, 0.3) is 0 Å². The summed E-state index contributed by atoms with van der Waals surface area (Å²) < 4.78 is 28.5. The molecule has 2 aromatic rings. The minimum absolute atomic E-state index is 0.0161. The van der Waals surface area contributed by atoms with Crippen LogP contribution in [-0.4, -0.2) is 50.7 Å². The van der Waals surface area contributed by atoms with Crippen LogP contribution in [0, 0.1) is 5.92 Å². The van der Waals surface area contributed by atoms with Gasteiger partial charge >= 0.3 is 0 Å². The van der Waals surface area contributed by atoms with E-state index in [0.29, 0.717) is 32.5 Å². The Morgan fingerprint density at radius 2 is 1.67 bits per heavy atom. The van der Waals surface area contributed by atoms with Crippen LogP contribution in [0.2, 0.25) is 0 Å². The molecule has 0 saturated carbocycles. The van der Waals surface area contributed by atoms with Crippen molar-refractivity contribution >= 4 is 33.2 Å². The van der Waals surface area contributed by atoms with E-state index >= 15 is 0 Å². The van der Waals surface area contributed by atoms with E-state index in [-0.39, 0.29) is 29.2 Å². The summed E-state index contributed by atoms with van der Waals surface area (Å²) in [5.74, 6) is -0.361. The number of carbonyl (C=O) groups excluding carboxylic acids is 2. The topological polar surface area (TPSA) is 78.0 Å². The van der Waals surface area contributed by atoms with Crippen molar-refractivity contribution in [2.45, 2.75) is 43.9 Å². The minimum Gasteiger partial charge on any atom is -0.312 e. The Morgan fingerprint density at radius 1 is 0.879 bits per heavy atom. The van der Waals surface area contributed by atoms with Crippen molar-refractivity contribution < 1.29 is 18.0 Å². The van der Waals surface area contributed by atoms with Crippen molar-refractivity contribution in [3.8, 4) is 0 Å². The van der Waals surface area contributed by atoms with E-state index in [1.54, 1.807) is 23.1 Å². The van der Waals surface area contributed by atoms with Crippen LogP contribution in [0.4, 0.5) is 11.4 Å². The van der Waals surface area contributed by atoms with E-state index in [1.807, 2.05) is 29.2 Å². The average Bonchev–Trinajstić information content (AvgIpc) is 3.27. The number of hydrogen-bond donors (Lipinski definition) is 0. The lowest BCUT2D eigenvalue weighted by molar-refractivity contribution is -0.123. The molecule has 8 heteroatoms. The number of amides is 2. The molecule has 0 aliphatic carbocycles. The third-order valence-electron chi connectivity index (χ3n) is 7.07. The van der Waals surface area contributed by atoms with Crippen molar-refractivity contribution in [3.05, 3.63) is 53.6 Å². The number of benzene rings is 2. The Hall–Kier alpha value is -2.71. The number of rotatable bonds is 3. The highest BCUT2D eigenvalue weighted by molar-refractivity contribution is 7.89. The second kappa shape index (κ2) is 8.57. The van der Waals surface area contributed by atoms with Crippen LogP contribution in [0.1, 0.15) is 37.3 Å². The van der Waals surface area contributed by atoms with Crippen molar-refractivity contribution in [2.24, 2.45) is 5.92 Å². The molecule has 0 bridgehead atoms. The zero-order chi connectivity index (χ0) is 23.2. The second-order valence-corrected chi connectivity index (χ2v) is 11.1. The molecule has 1 saturated heterocycles. The van der Waals surface area contributed by atoms with Crippen molar-refractivity contribution in [3.63, 3.8) is 0 Å². The molecule has 2 aromatic carbocycles. The number of sulfonamides is 1. The molecular weight excluding hydrogens is 438 g/mol. The Bertz CT molecular complexity index is 1210. The number of anilines is 2. The fourth-order valence-electron chi connectivity index (χ4n) is 5.36. The molecule has 2 amide bonds. The van der Waals surface area contributed by atoms with E-state index in [0.717, 1.165) is 36.2 Å². The van der Waals surface area contributed by atoms with Gasteiger partial charge in [0.15, 0.2) is 0 Å². The van der Waals surface area contributed by atoms with Gasteiger partial charge in [0.05, 0.1) is 10.8 Å². The molecule has 1 fully saturated rings. The fourth-order valence-corrected chi connectivity index (χ4v) is 6.93. The zero-order valence-corrected chi connectivity index (χ0v) is 19.7. The molecule has 3 aliphatic rings. The summed E-state index contributed by atoms with van der Waals surface area (Å²) in [4.78, 5) is 29.0. The number of piperidine rings is 1. The standard InChI is InChI=1S/C25H29N3O4S/c1-18(29)27-14-5-7-20-16-22(10-11-24(20)27)33(31,32)26-13-4-8-21(17-26)25(30)28-15-12-19-6-2-3-9-23(19)28/h2-3,6,9-11,16,21H,4-5,7-8,12-15,17H2,1H3. The SMILES string of the molecule is CC(=O)N1CCCc2cc(S(=O)(=O)N3CCCC(C(=O)N4CCc5ccccc54)C3)ccc21. The molecule has 1 atom stereocenters. The highest BCUT2D eigenvalue weighted by atomic mass is 32.2. The van der Waals surface area contributed by atoms with E-state index in [2.05, 4.69) is 0 Å². The Balaban J connectivity index is 1.36. The minimum atomic E-state index is -3.72. The monoisotopic (exact) mass is 467 g/mol. The van der Waals surface area contributed by atoms with Gasteiger partial charge in [0.1, 0.15) is 0 Å². The van der Waals surface area contributed by atoms with Gasteiger partial charge in [-0.05, 0) is 67.5 Å². The number of para-hydroxylation sites is 1. The third-order valence-corrected chi connectivity index (χ3v) is 8.94. The molecule has 3 heterocycles. The smallest absolute Gasteiger partial charge is 0.243 e. The largest absolute Gasteiger partial charge is 0.312 e. The molecule has 0 radical (unpaired) electrons. The van der Waals surface area contributed by atoms with Gasteiger partial charge < -0.3 is 9.80 Å². The molecule has 0 N–H and O–H groups in total. The lowest BCUT2D eigenvalue weighted by Gasteiger charge is -2.34. The number of nitrogens with zero attached hydrogens (tertiary/aromatic N) is 3.